The van der Waals surface area contributed by atoms with Crippen molar-refractivity contribution < 1.29 is 18.5 Å². The highest BCUT2D eigenvalue weighted by Gasteiger charge is 2.26. The maximum Gasteiger partial charge on any atom is 0.289 e. The largest absolute Gasteiger partial charge is 0.451 e. The molecule has 6 heteroatoms. The molecular formula is C21H21FN3O2+. The zero-order chi connectivity index (χ0) is 18.6. The lowest BCUT2D eigenvalue weighted by Gasteiger charge is -2.31. The van der Waals surface area contributed by atoms with Crippen LogP contribution >= 0.6 is 0 Å². The van der Waals surface area contributed by atoms with Gasteiger partial charge < -0.3 is 14.2 Å². The number of carbonyl (C=O) groups excluding carboxylic acids is 1. The molecule has 1 fully saturated rings. The summed E-state index contributed by atoms with van der Waals surface area (Å²) in [6.07, 6.45) is 3.61. The molecule has 1 aromatic carbocycles. The number of pyridine rings is 1. The van der Waals surface area contributed by atoms with Gasteiger partial charge in [0.2, 0.25) is 0 Å². The summed E-state index contributed by atoms with van der Waals surface area (Å²) in [4.78, 5) is 20.0. The molecule has 27 heavy (non-hydrogen) atoms. The minimum Gasteiger partial charge on any atom is -0.451 e. The topological polar surface area (TPSA) is 50.8 Å². The van der Waals surface area contributed by atoms with Crippen LogP contribution in [0.4, 0.5) is 4.39 Å². The number of rotatable bonds is 4. The summed E-state index contributed by atoms with van der Waals surface area (Å²) in [7, 11) is 0. The van der Waals surface area contributed by atoms with Crippen molar-refractivity contribution in [2.45, 2.75) is 6.54 Å². The van der Waals surface area contributed by atoms with Crippen LogP contribution in [-0.2, 0) is 6.54 Å². The minimum atomic E-state index is -0.362. The van der Waals surface area contributed by atoms with Crippen molar-refractivity contribution >= 4 is 5.91 Å². The van der Waals surface area contributed by atoms with Gasteiger partial charge >= 0.3 is 0 Å². The number of piperazine rings is 1. The molecule has 0 atom stereocenters. The Labute approximate surface area is 157 Å². The van der Waals surface area contributed by atoms with E-state index in [1.165, 1.54) is 16.5 Å². The molecule has 138 valence electrons. The zero-order valence-corrected chi connectivity index (χ0v) is 14.9. The summed E-state index contributed by atoms with van der Waals surface area (Å²) >= 11 is 0. The molecule has 1 N–H and O–H groups in total. The molecule has 5 nitrogen and oxygen atoms in total. The fraction of sp³-hybridized carbons (Fsp3) is 0.238. The minimum absolute atomic E-state index is 0.138. The normalized spacial score (nSPS) is 15.1. The number of nitrogens with zero attached hydrogens (tertiary/aromatic N) is 2. The molecular weight excluding hydrogens is 345 g/mol. The number of benzene rings is 1. The fourth-order valence-electron chi connectivity index (χ4n) is 3.41. The number of aromatic nitrogens is 1. The second-order valence-electron chi connectivity index (χ2n) is 6.72. The van der Waals surface area contributed by atoms with Gasteiger partial charge in [0, 0.05) is 18.0 Å². The van der Waals surface area contributed by atoms with E-state index in [1.54, 1.807) is 47.6 Å². The van der Waals surface area contributed by atoms with Gasteiger partial charge in [-0.3, -0.25) is 9.78 Å². The monoisotopic (exact) mass is 366 g/mol. The molecule has 0 radical (unpaired) electrons. The van der Waals surface area contributed by atoms with E-state index in [2.05, 4.69) is 4.98 Å². The number of carbonyl (C=O) groups is 1. The number of nitrogens with one attached hydrogen (secondary N) is 1. The van der Waals surface area contributed by atoms with E-state index < -0.39 is 0 Å². The van der Waals surface area contributed by atoms with Gasteiger partial charge in [0.15, 0.2) is 5.76 Å². The molecule has 0 saturated carbocycles. The Morgan fingerprint density at radius 3 is 2.56 bits per heavy atom. The van der Waals surface area contributed by atoms with Gasteiger partial charge in [0.1, 0.15) is 18.1 Å². The first-order valence-electron chi connectivity index (χ1n) is 9.07. The predicted octanol–water partition coefficient (Wildman–Crippen LogP) is 2.02. The quantitative estimate of drug-likeness (QED) is 0.769. The van der Waals surface area contributed by atoms with Gasteiger partial charge in [0.25, 0.3) is 5.91 Å². The molecule has 4 rings (SSSR count). The van der Waals surface area contributed by atoms with E-state index in [0.29, 0.717) is 24.4 Å². The molecule has 1 aliphatic heterocycles. The Hall–Kier alpha value is -2.99. The van der Waals surface area contributed by atoms with Gasteiger partial charge in [-0.05, 0) is 36.4 Å². The third-order valence-electron chi connectivity index (χ3n) is 4.92. The highest BCUT2D eigenvalue weighted by molar-refractivity contribution is 5.92. The van der Waals surface area contributed by atoms with Crippen molar-refractivity contribution in [1.29, 1.82) is 0 Å². The van der Waals surface area contributed by atoms with Crippen LogP contribution in [0.5, 0.6) is 0 Å². The Morgan fingerprint density at radius 1 is 1.07 bits per heavy atom. The van der Waals surface area contributed by atoms with Gasteiger partial charge in [-0.2, -0.15) is 0 Å². The van der Waals surface area contributed by atoms with E-state index >= 15 is 0 Å². The standard InChI is InChI=1S/C21H20FN3O2/c22-18-4-2-1-3-17(18)19-5-6-20(27-19)21(26)25-13-11-24(12-14-25)15-16-7-9-23-10-8-16/h1-10H,11-15H2/p+1. The van der Waals surface area contributed by atoms with E-state index in [1.807, 2.05) is 12.1 Å². The average Bonchev–Trinajstić information content (AvgIpc) is 3.19. The highest BCUT2D eigenvalue weighted by Crippen LogP contribution is 2.25. The molecule has 0 aliphatic carbocycles. The Morgan fingerprint density at radius 2 is 1.81 bits per heavy atom. The first-order chi connectivity index (χ1) is 13.2. The van der Waals surface area contributed by atoms with Crippen molar-refractivity contribution in [3.63, 3.8) is 0 Å². The third-order valence-corrected chi connectivity index (χ3v) is 4.92. The third kappa shape index (κ3) is 3.90. The van der Waals surface area contributed by atoms with Crippen LogP contribution < -0.4 is 4.90 Å². The molecule has 1 amide bonds. The lowest BCUT2D eigenvalue weighted by atomic mass is 10.1. The molecule has 1 aliphatic rings. The number of quaternary nitrogens is 1. The van der Waals surface area contributed by atoms with Crippen LogP contribution in [0.1, 0.15) is 16.1 Å². The van der Waals surface area contributed by atoms with Crippen molar-refractivity contribution in [1.82, 2.24) is 9.88 Å². The predicted molar refractivity (Wildman–Crippen MR) is 98.6 cm³/mol. The maximum atomic E-state index is 13.9. The zero-order valence-electron chi connectivity index (χ0n) is 14.9. The van der Waals surface area contributed by atoms with Crippen LogP contribution in [0.25, 0.3) is 11.3 Å². The molecule has 3 heterocycles. The first-order valence-corrected chi connectivity index (χ1v) is 9.07. The van der Waals surface area contributed by atoms with Gasteiger partial charge in [-0.25, -0.2) is 4.39 Å². The molecule has 0 bridgehead atoms. The fourth-order valence-corrected chi connectivity index (χ4v) is 3.41. The lowest BCUT2D eigenvalue weighted by Crippen LogP contribution is -3.13. The van der Waals surface area contributed by atoms with Crippen molar-refractivity contribution in [2.75, 3.05) is 26.2 Å². The number of hydrogen-bond donors (Lipinski definition) is 1. The van der Waals surface area contributed by atoms with Crippen LogP contribution in [0.2, 0.25) is 0 Å². The first kappa shape index (κ1) is 17.4. The van der Waals surface area contributed by atoms with Crippen LogP contribution in [0.15, 0.2) is 65.3 Å². The Balaban J connectivity index is 1.38. The van der Waals surface area contributed by atoms with Crippen molar-refractivity contribution in [2.24, 2.45) is 0 Å². The Kier molecular flexibility index (Phi) is 4.98. The number of halogens is 1. The SMILES string of the molecule is O=C(c1ccc(-c2ccccc2F)o1)N1CC[NH+](Cc2ccncc2)CC1. The summed E-state index contributed by atoms with van der Waals surface area (Å²) in [6, 6.07) is 13.7. The summed E-state index contributed by atoms with van der Waals surface area (Å²) in [5.74, 6) is 0.129. The van der Waals surface area contributed by atoms with Crippen LogP contribution in [0.3, 0.4) is 0 Å². The Bertz CT molecular complexity index is 918. The van der Waals surface area contributed by atoms with E-state index in [9.17, 15) is 9.18 Å². The number of amides is 1. The summed E-state index contributed by atoms with van der Waals surface area (Å²) < 4.78 is 19.5. The van der Waals surface area contributed by atoms with E-state index in [0.717, 1.165) is 19.6 Å². The molecule has 2 aromatic heterocycles. The highest BCUT2D eigenvalue weighted by atomic mass is 19.1. The van der Waals surface area contributed by atoms with Crippen molar-refractivity contribution in [3.05, 3.63) is 78.1 Å². The van der Waals surface area contributed by atoms with Crippen molar-refractivity contribution in [3.8, 4) is 11.3 Å². The summed E-state index contributed by atoms with van der Waals surface area (Å²) in [5.41, 5.74) is 1.61. The molecule has 0 unspecified atom stereocenters. The summed E-state index contributed by atoms with van der Waals surface area (Å²) in [5, 5.41) is 0. The molecule has 1 saturated heterocycles. The number of furan rings is 1. The number of hydrogen-bond acceptors (Lipinski definition) is 3. The van der Waals surface area contributed by atoms with E-state index in [-0.39, 0.29) is 17.5 Å². The second kappa shape index (κ2) is 7.72. The lowest BCUT2D eigenvalue weighted by molar-refractivity contribution is -0.917. The van der Waals surface area contributed by atoms with Gasteiger partial charge in [-0.15, -0.1) is 0 Å². The molecule has 3 aromatic rings. The van der Waals surface area contributed by atoms with Crippen LogP contribution in [-0.4, -0.2) is 42.0 Å². The van der Waals surface area contributed by atoms with Crippen LogP contribution in [0, 0.1) is 5.82 Å². The van der Waals surface area contributed by atoms with Gasteiger partial charge in [0.05, 0.1) is 31.7 Å². The smallest absolute Gasteiger partial charge is 0.289 e. The second-order valence-corrected chi connectivity index (χ2v) is 6.72. The maximum absolute atomic E-state index is 13.9. The van der Waals surface area contributed by atoms with Gasteiger partial charge in [-0.1, -0.05) is 12.1 Å². The summed E-state index contributed by atoms with van der Waals surface area (Å²) in [6.45, 7) is 4.05. The molecule has 0 spiro atoms. The van der Waals surface area contributed by atoms with E-state index in [4.69, 9.17) is 4.42 Å². The average molecular weight is 366 g/mol.